The third-order valence-electron chi connectivity index (χ3n) is 2.12. The Balaban J connectivity index is 2.84. The van der Waals surface area contributed by atoms with Crippen LogP contribution in [-0.2, 0) is 13.6 Å². The van der Waals surface area contributed by atoms with Gasteiger partial charge in [-0.05, 0) is 43.2 Å². The van der Waals surface area contributed by atoms with E-state index >= 15 is 0 Å². The molecule has 0 fully saturated rings. The van der Waals surface area contributed by atoms with Crippen LogP contribution in [0.4, 0.5) is 0 Å². The quantitative estimate of drug-likeness (QED) is 0.712. The maximum Gasteiger partial charge on any atom is 0.337 e. The fraction of sp³-hybridized carbons (Fsp3) is 0.600. The van der Waals surface area contributed by atoms with E-state index in [2.05, 4.69) is 0 Å². The van der Waals surface area contributed by atoms with E-state index in [9.17, 15) is 4.57 Å². The maximum absolute atomic E-state index is 12.4. The molecule has 0 aromatic carbocycles. The van der Waals surface area contributed by atoms with Crippen LogP contribution in [0.1, 0.15) is 32.0 Å². The highest BCUT2D eigenvalue weighted by atomic mass is 32.1. The molecule has 0 radical (unpaired) electrons. The van der Waals surface area contributed by atoms with Crippen molar-refractivity contribution < 1.29 is 13.6 Å². The first-order valence-corrected chi connectivity index (χ1v) is 7.60. The van der Waals surface area contributed by atoms with Crippen LogP contribution in [0.5, 0.6) is 0 Å². The van der Waals surface area contributed by atoms with Crippen LogP contribution in [-0.4, -0.2) is 13.2 Å². The van der Waals surface area contributed by atoms with Crippen LogP contribution >= 0.6 is 18.9 Å². The molecule has 1 atom stereocenters. The van der Waals surface area contributed by atoms with E-state index in [1.54, 1.807) is 11.3 Å². The summed E-state index contributed by atoms with van der Waals surface area (Å²) in [5.74, 6) is 0. The molecule has 0 N–H and O–H groups in total. The minimum Gasteiger partial charge on any atom is -0.308 e. The van der Waals surface area contributed by atoms with Crippen LogP contribution in [0.25, 0.3) is 0 Å². The summed E-state index contributed by atoms with van der Waals surface area (Å²) < 4.78 is 23.0. The van der Waals surface area contributed by atoms with Gasteiger partial charge in [0, 0.05) is 0 Å². The SMILES string of the molecule is CCOP(=O)(OCC)C(C)c1ccsc1. The van der Waals surface area contributed by atoms with Gasteiger partial charge in [-0.1, -0.05) is 0 Å². The lowest BCUT2D eigenvalue weighted by molar-refractivity contribution is 0.213. The lowest BCUT2D eigenvalue weighted by Crippen LogP contribution is -2.02. The van der Waals surface area contributed by atoms with Gasteiger partial charge in [-0.2, -0.15) is 11.3 Å². The van der Waals surface area contributed by atoms with Crippen molar-refractivity contribution in [2.75, 3.05) is 13.2 Å². The summed E-state index contributed by atoms with van der Waals surface area (Å²) >= 11 is 1.59. The molecule has 3 nitrogen and oxygen atoms in total. The fourth-order valence-corrected chi connectivity index (χ4v) is 3.94. The molecule has 0 aliphatic heterocycles. The first kappa shape index (κ1) is 12.9. The molecule has 1 heterocycles. The zero-order chi connectivity index (χ0) is 11.3. The zero-order valence-electron chi connectivity index (χ0n) is 9.30. The van der Waals surface area contributed by atoms with Crippen molar-refractivity contribution in [3.05, 3.63) is 22.4 Å². The number of rotatable bonds is 6. The second-order valence-electron chi connectivity index (χ2n) is 3.11. The minimum absolute atomic E-state index is 0.191. The van der Waals surface area contributed by atoms with Gasteiger partial charge in [0.15, 0.2) is 0 Å². The molecule has 86 valence electrons. The average Bonchev–Trinajstić information content (AvgIpc) is 2.70. The molecular formula is C10H17O3PS. The van der Waals surface area contributed by atoms with Crippen molar-refractivity contribution in [3.63, 3.8) is 0 Å². The Morgan fingerprint density at radius 2 is 2.00 bits per heavy atom. The summed E-state index contributed by atoms with van der Waals surface area (Å²) in [6.45, 7) is 6.35. The summed E-state index contributed by atoms with van der Waals surface area (Å²) in [4.78, 5) is 0. The van der Waals surface area contributed by atoms with E-state index in [1.165, 1.54) is 0 Å². The second kappa shape index (κ2) is 5.80. The van der Waals surface area contributed by atoms with Crippen molar-refractivity contribution in [2.24, 2.45) is 0 Å². The molecule has 0 aliphatic rings. The van der Waals surface area contributed by atoms with Gasteiger partial charge in [-0.15, -0.1) is 0 Å². The Bertz CT molecular complexity index is 313. The number of hydrogen-bond donors (Lipinski definition) is 0. The molecule has 0 bridgehead atoms. The maximum atomic E-state index is 12.4. The molecular weight excluding hydrogens is 231 g/mol. The summed E-state index contributed by atoms with van der Waals surface area (Å²) in [7, 11) is -2.99. The summed E-state index contributed by atoms with van der Waals surface area (Å²) in [5, 5.41) is 3.95. The number of hydrogen-bond acceptors (Lipinski definition) is 4. The fourth-order valence-electron chi connectivity index (χ4n) is 1.32. The second-order valence-corrected chi connectivity index (χ2v) is 6.26. The predicted octanol–water partition coefficient (Wildman–Crippen LogP) is 4.08. The van der Waals surface area contributed by atoms with Gasteiger partial charge in [-0.3, -0.25) is 4.57 Å². The lowest BCUT2D eigenvalue weighted by Gasteiger charge is -2.22. The Labute approximate surface area is 95.0 Å². The van der Waals surface area contributed by atoms with Gasteiger partial charge in [0.05, 0.1) is 18.9 Å². The monoisotopic (exact) mass is 248 g/mol. The molecule has 15 heavy (non-hydrogen) atoms. The lowest BCUT2D eigenvalue weighted by atomic mass is 10.3. The largest absolute Gasteiger partial charge is 0.337 e. The van der Waals surface area contributed by atoms with Crippen LogP contribution < -0.4 is 0 Å². The van der Waals surface area contributed by atoms with E-state index in [-0.39, 0.29) is 5.66 Å². The smallest absolute Gasteiger partial charge is 0.308 e. The van der Waals surface area contributed by atoms with Crippen molar-refractivity contribution >= 4 is 18.9 Å². The van der Waals surface area contributed by atoms with Crippen molar-refractivity contribution in [3.8, 4) is 0 Å². The average molecular weight is 248 g/mol. The van der Waals surface area contributed by atoms with Gasteiger partial charge >= 0.3 is 7.60 Å². The van der Waals surface area contributed by atoms with Crippen LogP contribution in [0.15, 0.2) is 16.8 Å². The van der Waals surface area contributed by atoms with E-state index in [0.29, 0.717) is 13.2 Å². The Kier molecular flexibility index (Phi) is 5.00. The molecule has 1 aromatic rings. The highest BCUT2D eigenvalue weighted by Gasteiger charge is 2.33. The molecule has 5 heteroatoms. The summed E-state index contributed by atoms with van der Waals surface area (Å²) in [6, 6.07) is 1.96. The van der Waals surface area contributed by atoms with Gasteiger partial charge in [0.1, 0.15) is 0 Å². The van der Waals surface area contributed by atoms with Crippen molar-refractivity contribution in [1.82, 2.24) is 0 Å². The first-order valence-electron chi connectivity index (χ1n) is 5.05. The Hall–Kier alpha value is -0.150. The Morgan fingerprint density at radius 1 is 1.40 bits per heavy atom. The van der Waals surface area contributed by atoms with Gasteiger partial charge in [-0.25, -0.2) is 0 Å². The van der Waals surface area contributed by atoms with E-state index in [1.807, 2.05) is 37.6 Å². The molecule has 0 spiro atoms. The third-order valence-corrected chi connectivity index (χ3v) is 5.30. The standard InChI is InChI=1S/C10H17O3PS/c1-4-12-14(11,13-5-2)9(3)10-6-7-15-8-10/h6-9H,4-5H2,1-3H3. The molecule has 0 amide bonds. The molecule has 1 rings (SSSR count). The predicted molar refractivity (Wildman–Crippen MR) is 63.6 cm³/mol. The normalized spacial score (nSPS) is 14.1. The summed E-state index contributed by atoms with van der Waals surface area (Å²) in [5.41, 5.74) is 0.828. The van der Waals surface area contributed by atoms with Gasteiger partial charge in [0.2, 0.25) is 0 Å². The zero-order valence-corrected chi connectivity index (χ0v) is 11.0. The van der Waals surface area contributed by atoms with E-state index < -0.39 is 7.60 Å². The Morgan fingerprint density at radius 3 is 2.40 bits per heavy atom. The van der Waals surface area contributed by atoms with E-state index in [4.69, 9.17) is 9.05 Å². The first-order chi connectivity index (χ1) is 7.14. The highest BCUT2D eigenvalue weighted by molar-refractivity contribution is 7.54. The third kappa shape index (κ3) is 3.15. The summed E-state index contributed by atoms with van der Waals surface area (Å²) in [6.07, 6.45) is 0. The van der Waals surface area contributed by atoms with Gasteiger partial charge < -0.3 is 9.05 Å². The molecule has 0 aliphatic carbocycles. The van der Waals surface area contributed by atoms with Gasteiger partial charge in [0.25, 0.3) is 0 Å². The van der Waals surface area contributed by atoms with Crippen LogP contribution in [0, 0.1) is 0 Å². The van der Waals surface area contributed by atoms with E-state index in [0.717, 1.165) is 5.56 Å². The van der Waals surface area contributed by atoms with Crippen LogP contribution in [0.2, 0.25) is 0 Å². The minimum atomic E-state index is -2.99. The van der Waals surface area contributed by atoms with Crippen molar-refractivity contribution in [2.45, 2.75) is 26.4 Å². The van der Waals surface area contributed by atoms with Crippen LogP contribution in [0.3, 0.4) is 0 Å². The molecule has 0 saturated carbocycles. The molecule has 1 unspecified atom stereocenters. The topological polar surface area (TPSA) is 35.5 Å². The number of thiophene rings is 1. The molecule has 1 aromatic heterocycles. The van der Waals surface area contributed by atoms with Crippen molar-refractivity contribution in [1.29, 1.82) is 0 Å². The molecule has 0 saturated heterocycles. The highest BCUT2D eigenvalue weighted by Crippen LogP contribution is 2.60.